The molecular weight excluding hydrogens is 130 g/mol. The molecule has 1 unspecified atom stereocenters. The van der Waals surface area contributed by atoms with E-state index < -0.39 is 0 Å². The molecule has 0 saturated heterocycles. The first-order valence-electron chi connectivity index (χ1n) is 3.20. The van der Waals surface area contributed by atoms with E-state index >= 15 is 0 Å². The van der Waals surface area contributed by atoms with Gasteiger partial charge in [0.05, 0.1) is 0 Å². The van der Waals surface area contributed by atoms with Crippen LogP contribution in [-0.2, 0) is 0 Å². The van der Waals surface area contributed by atoms with Crippen LogP contribution in [0.25, 0.3) is 0 Å². The summed E-state index contributed by atoms with van der Waals surface area (Å²) in [4.78, 5) is 0. The molecule has 0 rings (SSSR count). The summed E-state index contributed by atoms with van der Waals surface area (Å²) in [6.07, 6.45) is 2.04. The SMILES string of the molecule is C=C(CS)CCC(C)N. The van der Waals surface area contributed by atoms with Gasteiger partial charge in [0.2, 0.25) is 0 Å². The fourth-order valence-corrected chi connectivity index (χ4v) is 0.669. The monoisotopic (exact) mass is 145 g/mol. The van der Waals surface area contributed by atoms with Crippen LogP contribution in [-0.4, -0.2) is 11.8 Å². The summed E-state index contributed by atoms with van der Waals surface area (Å²) in [6, 6.07) is 0.293. The van der Waals surface area contributed by atoms with Gasteiger partial charge in [-0.05, 0) is 19.8 Å². The molecule has 0 radical (unpaired) electrons. The first-order valence-corrected chi connectivity index (χ1v) is 3.83. The van der Waals surface area contributed by atoms with E-state index in [1.165, 1.54) is 5.57 Å². The van der Waals surface area contributed by atoms with Crippen LogP contribution in [0.2, 0.25) is 0 Å². The highest BCUT2D eigenvalue weighted by Crippen LogP contribution is 2.04. The maximum Gasteiger partial charge on any atom is 0.0110 e. The van der Waals surface area contributed by atoms with Gasteiger partial charge in [-0.25, -0.2) is 0 Å². The minimum Gasteiger partial charge on any atom is -0.328 e. The highest BCUT2D eigenvalue weighted by atomic mass is 32.1. The summed E-state index contributed by atoms with van der Waals surface area (Å²) in [5.41, 5.74) is 6.71. The van der Waals surface area contributed by atoms with E-state index in [-0.39, 0.29) is 0 Å². The Balaban J connectivity index is 3.17. The van der Waals surface area contributed by atoms with Gasteiger partial charge in [-0.15, -0.1) is 0 Å². The molecule has 0 fully saturated rings. The lowest BCUT2D eigenvalue weighted by Gasteiger charge is -2.04. The maximum atomic E-state index is 5.53. The molecule has 0 aromatic rings. The molecule has 0 aliphatic carbocycles. The zero-order chi connectivity index (χ0) is 7.28. The quantitative estimate of drug-likeness (QED) is 0.456. The van der Waals surface area contributed by atoms with Crippen LogP contribution in [0.3, 0.4) is 0 Å². The van der Waals surface area contributed by atoms with E-state index in [0.717, 1.165) is 18.6 Å². The predicted octanol–water partition coefficient (Wildman–Crippen LogP) is 1.60. The summed E-state index contributed by atoms with van der Waals surface area (Å²) >= 11 is 4.08. The standard InChI is InChI=1S/C7H15NS/c1-6(5-9)3-4-7(2)8/h7,9H,1,3-5,8H2,2H3. The minimum atomic E-state index is 0.293. The van der Waals surface area contributed by atoms with E-state index in [4.69, 9.17) is 5.73 Å². The van der Waals surface area contributed by atoms with E-state index in [9.17, 15) is 0 Å². The highest BCUT2D eigenvalue weighted by Gasteiger charge is 1.94. The van der Waals surface area contributed by atoms with Crippen LogP contribution in [0, 0.1) is 0 Å². The van der Waals surface area contributed by atoms with Gasteiger partial charge in [-0.2, -0.15) is 12.6 Å². The molecule has 1 atom stereocenters. The van der Waals surface area contributed by atoms with Gasteiger partial charge in [0, 0.05) is 11.8 Å². The number of thiol groups is 1. The first-order chi connectivity index (χ1) is 4.16. The third-order valence-electron chi connectivity index (χ3n) is 1.18. The molecule has 2 N–H and O–H groups in total. The Kier molecular flexibility index (Phi) is 4.91. The van der Waals surface area contributed by atoms with Gasteiger partial charge in [0.25, 0.3) is 0 Å². The first kappa shape index (κ1) is 9.05. The van der Waals surface area contributed by atoms with Gasteiger partial charge < -0.3 is 5.73 Å². The molecule has 0 aliphatic rings. The Morgan fingerprint density at radius 2 is 2.33 bits per heavy atom. The lowest BCUT2D eigenvalue weighted by atomic mass is 10.1. The van der Waals surface area contributed by atoms with Gasteiger partial charge in [0.1, 0.15) is 0 Å². The van der Waals surface area contributed by atoms with E-state index in [0.29, 0.717) is 6.04 Å². The topological polar surface area (TPSA) is 26.0 Å². The van der Waals surface area contributed by atoms with Crippen molar-refractivity contribution in [3.63, 3.8) is 0 Å². The van der Waals surface area contributed by atoms with Crippen molar-refractivity contribution in [1.29, 1.82) is 0 Å². The molecule has 0 heterocycles. The molecule has 0 aliphatic heterocycles. The van der Waals surface area contributed by atoms with Crippen LogP contribution < -0.4 is 5.73 Å². The van der Waals surface area contributed by atoms with Crippen molar-refractivity contribution in [2.24, 2.45) is 5.73 Å². The van der Waals surface area contributed by atoms with Crippen LogP contribution in [0.4, 0.5) is 0 Å². The number of hydrogen-bond acceptors (Lipinski definition) is 2. The molecule has 0 bridgehead atoms. The van der Waals surface area contributed by atoms with Crippen LogP contribution in [0.1, 0.15) is 19.8 Å². The molecule has 0 aromatic carbocycles. The molecule has 1 nitrogen and oxygen atoms in total. The highest BCUT2D eigenvalue weighted by molar-refractivity contribution is 7.80. The summed E-state index contributed by atoms with van der Waals surface area (Å²) in [7, 11) is 0. The van der Waals surface area contributed by atoms with Gasteiger partial charge in [-0.1, -0.05) is 12.2 Å². The Hall–Kier alpha value is 0.0500. The van der Waals surface area contributed by atoms with Crippen LogP contribution >= 0.6 is 12.6 Å². The third kappa shape index (κ3) is 5.93. The lowest BCUT2D eigenvalue weighted by molar-refractivity contribution is 0.664. The van der Waals surface area contributed by atoms with Crippen molar-refractivity contribution >= 4 is 12.6 Å². The van der Waals surface area contributed by atoms with Gasteiger partial charge in [-0.3, -0.25) is 0 Å². The summed E-state index contributed by atoms with van der Waals surface area (Å²) in [6.45, 7) is 5.82. The largest absolute Gasteiger partial charge is 0.328 e. The summed E-state index contributed by atoms with van der Waals surface area (Å²) in [5, 5.41) is 0. The van der Waals surface area contributed by atoms with Crippen molar-refractivity contribution in [1.82, 2.24) is 0 Å². The number of nitrogens with two attached hydrogens (primary N) is 1. The van der Waals surface area contributed by atoms with Crippen molar-refractivity contribution in [2.75, 3.05) is 5.75 Å². The van der Waals surface area contributed by atoms with Gasteiger partial charge in [0.15, 0.2) is 0 Å². The summed E-state index contributed by atoms with van der Waals surface area (Å²) < 4.78 is 0. The molecular formula is C7H15NS. The van der Waals surface area contributed by atoms with Crippen molar-refractivity contribution in [3.8, 4) is 0 Å². The Morgan fingerprint density at radius 3 is 2.67 bits per heavy atom. The minimum absolute atomic E-state index is 0.293. The van der Waals surface area contributed by atoms with Gasteiger partial charge >= 0.3 is 0 Å². The van der Waals surface area contributed by atoms with E-state index in [1.807, 2.05) is 6.92 Å². The number of rotatable bonds is 4. The van der Waals surface area contributed by atoms with Crippen molar-refractivity contribution in [3.05, 3.63) is 12.2 Å². The third-order valence-corrected chi connectivity index (χ3v) is 1.62. The predicted molar refractivity (Wildman–Crippen MR) is 45.9 cm³/mol. The second-order valence-electron chi connectivity index (χ2n) is 2.42. The smallest absolute Gasteiger partial charge is 0.0110 e. The lowest BCUT2D eigenvalue weighted by Crippen LogP contribution is -2.14. The zero-order valence-electron chi connectivity index (χ0n) is 5.93. The molecule has 0 spiro atoms. The summed E-state index contributed by atoms with van der Waals surface area (Å²) in [5.74, 6) is 0.784. The maximum absolute atomic E-state index is 5.53. The molecule has 0 saturated carbocycles. The molecule has 0 aromatic heterocycles. The Bertz CT molecular complexity index is 88.9. The second kappa shape index (κ2) is 4.89. The van der Waals surface area contributed by atoms with Crippen molar-refractivity contribution < 1.29 is 0 Å². The fourth-order valence-electron chi connectivity index (χ4n) is 0.511. The van der Waals surface area contributed by atoms with E-state index in [1.54, 1.807) is 0 Å². The molecule has 0 amide bonds. The average Bonchev–Trinajstić information content (AvgIpc) is 1.83. The Morgan fingerprint density at radius 1 is 1.78 bits per heavy atom. The van der Waals surface area contributed by atoms with Crippen LogP contribution in [0.15, 0.2) is 12.2 Å². The average molecular weight is 145 g/mol. The molecule has 9 heavy (non-hydrogen) atoms. The molecule has 2 heteroatoms. The van der Waals surface area contributed by atoms with E-state index in [2.05, 4.69) is 19.2 Å². The van der Waals surface area contributed by atoms with Crippen LogP contribution in [0.5, 0.6) is 0 Å². The normalized spacial score (nSPS) is 13.2. The Labute approximate surface area is 62.7 Å². The number of hydrogen-bond donors (Lipinski definition) is 2. The van der Waals surface area contributed by atoms with Crippen molar-refractivity contribution in [2.45, 2.75) is 25.8 Å². The molecule has 54 valence electrons. The fraction of sp³-hybridized carbons (Fsp3) is 0.714. The zero-order valence-corrected chi connectivity index (χ0v) is 6.82. The second-order valence-corrected chi connectivity index (χ2v) is 2.74.